The second-order valence-electron chi connectivity index (χ2n) is 7.07. The molecule has 0 atom stereocenters. The van der Waals surface area contributed by atoms with Crippen LogP contribution in [0.25, 0.3) is 0 Å². The van der Waals surface area contributed by atoms with Crippen molar-refractivity contribution >= 4 is 22.2 Å². The van der Waals surface area contributed by atoms with Gasteiger partial charge in [0.1, 0.15) is 0 Å². The number of aryl methyl sites for hydroxylation is 1. The predicted molar refractivity (Wildman–Crippen MR) is 99.6 cm³/mol. The average molecular weight is 359 g/mol. The van der Waals surface area contributed by atoms with Gasteiger partial charge in [0.2, 0.25) is 0 Å². The smallest absolute Gasteiger partial charge is 0.278 e. The van der Waals surface area contributed by atoms with Crippen molar-refractivity contribution in [3.05, 3.63) is 27.4 Å². The largest absolute Gasteiger partial charge is 0.317 e. The van der Waals surface area contributed by atoms with Gasteiger partial charge in [0.05, 0.1) is 16.7 Å². The summed E-state index contributed by atoms with van der Waals surface area (Å²) in [5.41, 5.74) is 3.99. The molecule has 134 valence electrons. The number of hydrogen-bond donors (Lipinski definition) is 2. The Morgan fingerprint density at radius 2 is 2.00 bits per heavy atom. The Morgan fingerprint density at radius 1 is 1.24 bits per heavy atom. The summed E-state index contributed by atoms with van der Waals surface area (Å²) in [7, 11) is 0. The monoisotopic (exact) mass is 359 g/mol. The first-order chi connectivity index (χ1) is 12.1. The molecule has 2 aromatic heterocycles. The van der Waals surface area contributed by atoms with Crippen LogP contribution in [0.5, 0.6) is 0 Å². The Bertz CT molecular complexity index is 788. The minimum atomic E-state index is -0.139. The van der Waals surface area contributed by atoms with Crippen LogP contribution in [0.2, 0.25) is 0 Å². The highest BCUT2D eigenvalue weighted by Crippen LogP contribution is 2.37. The molecule has 1 amide bonds. The summed E-state index contributed by atoms with van der Waals surface area (Å²) in [5, 5.41) is 15.9. The normalized spacial score (nSPS) is 18.2. The molecule has 0 radical (unpaired) electrons. The SMILES string of the molecule is Cc1c(NC(=O)c2nnn(C3CCNCC3)c2C)sc2c1CCCC2. The number of thiophene rings is 1. The van der Waals surface area contributed by atoms with Gasteiger partial charge in [0, 0.05) is 4.88 Å². The van der Waals surface area contributed by atoms with Crippen LogP contribution < -0.4 is 10.6 Å². The number of carbonyl (C=O) groups is 1. The first-order valence-electron chi connectivity index (χ1n) is 9.20. The van der Waals surface area contributed by atoms with Gasteiger partial charge in [-0.1, -0.05) is 5.21 Å². The molecule has 3 heterocycles. The molecule has 0 saturated carbocycles. The number of rotatable bonds is 3. The van der Waals surface area contributed by atoms with E-state index in [4.69, 9.17) is 0 Å². The third-order valence-electron chi connectivity index (χ3n) is 5.46. The van der Waals surface area contributed by atoms with Crippen molar-refractivity contribution in [2.45, 2.75) is 58.4 Å². The van der Waals surface area contributed by atoms with E-state index in [-0.39, 0.29) is 5.91 Å². The number of nitrogens with zero attached hydrogens (tertiary/aromatic N) is 3. The first kappa shape index (κ1) is 16.7. The van der Waals surface area contributed by atoms with E-state index >= 15 is 0 Å². The van der Waals surface area contributed by atoms with Crippen molar-refractivity contribution in [1.29, 1.82) is 0 Å². The van der Waals surface area contributed by atoms with E-state index in [2.05, 4.69) is 27.9 Å². The molecule has 7 heteroatoms. The summed E-state index contributed by atoms with van der Waals surface area (Å²) in [4.78, 5) is 14.2. The fourth-order valence-electron chi connectivity index (χ4n) is 3.95. The van der Waals surface area contributed by atoms with E-state index in [1.54, 1.807) is 11.3 Å². The molecule has 4 rings (SSSR count). The average Bonchev–Trinajstić information content (AvgIpc) is 3.17. The summed E-state index contributed by atoms with van der Waals surface area (Å²) in [5.74, 6) is -0.139. The van der Waals surface area contributed by atoms with Gasteiger partial charge < -0.3 is 10.6 Å². The number of amides is 1. The van der Waals surface area contributed by atoms with E-state index < -0.39 is 0 Å². The zero-order chi connectivity index (χ0) is 17.4. The van der Waals surface area contributed by atoms with Gasteiger partial charge >= 0.3 is 0 Å². The van der Waals surface area contributed by atoms with E-state index in [0.29, 0.717) is 11.7 Å². The van der Waals surface area contributed by atoms with Crippen LogP contribution in [-0.4, -0.2) is 34.0 Å². The second kappa shape index (κ2) is 6.88. The van der Waals surface area contributed by atoms with Crippen LogP contribution in [0.15, 0.2) is 0 Å². The number of nitrogens with one attached hydrogen (secondary N) is 2. The minimum Gasteiger partial charge on any atom is -0.317 e. The quantitative estimate of drug-likeness (QED) is 0.884. The zero-order valence-electron chi connectivity index (χ0n) is 14.9. The standard InChI is InChI=1S/C18H25N5OS/c1-11-14-5-3-4-6-15(14)25-18(11)20-17(24)16-12(2)23(22-21-16)13-7-9-19-10-8-13/h13,19H,3-10H2,1-2H3,(H,20,24). The van der Waals surface area contributed by atoms with Gasteiger partial charge in [-0.2, -0.15) is 0 Å². The van der Waals surface area contributed by atoms with E-state index in [0.717, 1.165) is 49.5 Å². The van der Waals surface area contributed by atoms with E-state index in [1.807, 2.05) is 11.6 Å². The van der Waals surface area contributed by atoms with Gasteiger partial charge in [-0.25, -0.2) is 4.68 Å². The third kappa shape index (κ3) is 3.11. The molecule has 1 aliphatic heterocycles. The maximum atomic E-state index is 12.8. The number of anilines is 1. The number of aromatic nitrogens is 3. The highest BCUT2D eigenvalue weighted by Gasteiger charge is 2.25. The number of hydrogen-bond acceptors (Lipinski definition) is 5. The molecule has 0 unspecified atom stereocenters. The minimum absolute atomic E-state index is 0.139. The molecular formula is C18H25N5OS. The molecule has 0 bridgehead atoms. The molecule has 0 spiro atoms. The highest BCUT2D eigenvalue weighted by molar-refractivity contribution is 7.16. The Labute approximate surface area is 152 Å². The molecule has 1 aliphatic carbocycles. The third-order valence-corrected chi connectivity index (χ3v) is 6.77. The molecule has 2 aliphatic rings. The van der Waals surface area contributed by atoms with Crippen molar-refractivity contribution in [3.8, 4) is 0 Å². The lowest BCUT2D eigenvalue weighted by Crippen LogP contribution is -2.30. The maximum absolute atomic E-state index is 12.8. The number of piperidine rings is 1. The van der Waals surface area contributed by atoms with Gasteiger partial charge in [-0.15, -0.1) is 16.4 Å². The van der Waals surface area contributed by atoms with Gasteiger partial charge in [0.15, 0.2) is 5.69 Å². The van der Waals surface area contributed by atoms with Crippen LogP contribution in [0.1, 0.15) is 63.9 Å². The summed E-state index contributed by atoms with van der Waals surface area (Å²) < 4.78 is 1.93. The molecule has 2 aromatic rings. The first-order valence-corrected chi connectivity index (χ1v) is 10.0. The van der Waals surface area contributed by atoms with Crippen molar-refractivity contribution in [2.24, 2.45) is 0 Å². The van der Waals surface area contributed by atoms with Crippen LogP contribution in [0.3, 0.4) is 0 Å². The lowest BCUT2D eigenvalue weighted by atomic mass is 9.96. The summed E-state index contributed by atoms with van der Waals surface area (Å²) >= 11 is 1.73. The number of carbonyl (C=O) groups excluding carboxylic acids is 1. The molecular weight excluding hydrogens is 334 g/mol. The lowest BCUT2D eigenvalue weighted by molar-refractivity contribution is 0.102. The molecule has 1 fully saturated rings. The Morgan fingerprint density at radius 3 is 2.76 bits per heavy atom. The summed E-state index contributed by atoms with van der Waals surface area (Å²) in [6, 6.07) is 0.339. The molecule has 2 N–H and O–H groups in total. The fraction of sp³-hybridized carbons (Fsp3) is 0.611. The molecule has 6 nitrogen and oxygen atoms in total. The number of fused-ring (bicyclic) bond motifs is 1. The molecule has 0 aromatic carbocycles. The van der Waals surface area contributed by atoms with Gasteiger partial charge in [0.25, 0.3) is 5.91 Å². The van der Waals surface area contributed by atoms with Crippen LogP contribution in [0, 0.1) is 13.8 Å². The Balaban J connectivity index is 1.54. The lowest BCUT2D eigenvalue weighted by Gasteiger charge is -2.23. The van der Waals surface area contributed by atoms with Crippen molar-refractivity contribution < 1.29 is 4.79 Å². The Hall–Kier alpha value is -1.73. The summed E-state index contributed by atoms with van der Waals surface area (Å²) in [6.45, 7) is 6.05. The van der Waals surface area contributed by atoms with E-state index in [1.165, 1.54) is 28.8 Å². The van der Waals surface area contributed by atoms with Crippen LogP contribution in [-0.2, 0) is 12.8 Å². The zero-order valence-corrected chi connectivity index (χ0v) is 15.7. The van der Waals surface area contributed by atoms with Gasteiger partial charge in [-0.05, 0) is 76.6 Å². The Kier molecular flexibility index (Phi) is 4.60. The second-order valence-corrected chi connectivity index (χ2v) is 8.17. The van der Waals surface area contributed by atoms with Crippen molar-refractivity contribution in [2.75, 3.05) is 18.4 Å². The highest BCUT2D eigenvalue weighted by atomic mass is 32.1. The maximum Gasteiger partial charge on any atom is 0.278 e. The molecule has 25 heavy (non-hydrogen) atoms. The fourth-order valence-corrected chi connectivity index (χ4v) is 5.25. The predicted octanol–water partition coefficient (Wildman–Crippen LogP) is 3.01. The summed E-state index contributed by atoms with van der Waals surface area (Å²) in [6.07, 6.45) is 6.84. The molecule has 1 saturated heterocycles. The van der Waals surface area contributed by atoms with E-state index in [9.17, 15) is 4.79 Å². The van der Waals surface area contributed by atoms with Crippen molar-refractivity contribution in [1.82, 2.24) is 20.3 Å². The van der Waals surface area contributed by atoms with Crippen molar-refractivity contribution in [3.63, 3.8) is 0 Å². The topological polar surface area (TPSA) is 71.8 Å². The van der Waals surface area contributed by atoms with Crippen LogP contribution >= 0.6 is 11.3 Å². The van der Waals surface area contributed by atoms with Crippen LogP contribution in [0.4, 0.5) is 5.00 Å². The van der Waals surface area contributed by atoms with Gasteiger partial charge in [-0.3, -0.25) is 4.79 Å².